The summed E-state index contributed by atoms with van der Waals surface area (Å²) in [7, 11) is 0. The molecule has 0 saturated carbocycles. The number of nitrogens with zero attached hydrogens (tertiary/aromatic N) is 4. The van der Waals surface area contributed by atoms with Gasteiger partial charge in [-0.25, -0.2) is 14.2 Å². The van der Waals surface area contributed by atoms with Gasteiger partial charge in [-0.15, -0.1) is 0 Å². The number of hydrogen-bond donors (Lipinski definition) is 1. The molecular formula is C26H27FN4O3. The molecule has 0 aliphatic carbocycles. The molecule has 2 aromatic heterocycles. The highest BCUT2D eigenvalue weighted by atomic mass is 19.1. The van der Waals surface area contributed by atoms with Crippen molar-refractivity contribution in [2.75, 3.05) is 26.2 Å². The van der Waals surface area contributed by atoms with Gasteiger partial charge >= 0.3 is 5.97 Å². The van der Waals surface area contributed by atoms with Crippen molar-refractivity contribution < 1.29 is 19.1 Å². The molecule has 8 heteroatoms. The second kappa shape index (κ2) is 9.38. The molecule has 176 valence electrons. The molecule has 2 aliphatic heterocycles. The Bertz CT molecular complexity index is 1280. The summed E-state index contributed by atoms with van der Waals surface area (Å²) < 4.78 is 15.9. The average molecular weight is 463 g/mol. The van der Waals surface area contributed by atoms with Crippen LogP contribution in [0.15, 0.2) is 54.2 Å². The third-order valence-corrected chi connectivity index (χ3v) is 6.81. The van der Waals surface area contributed by atoms with Crippen LogP contribution in [0.1, 0.15) is 29.7 Å². The molecule has 1 amide bonds. The van der Waals surface area contributed by atoms with Crippen molar-refractivity contribution in [2.45, 2.75) is 32.4 Å². The van der Waals surface area contributed by atoms with Crippen LogP contribution in [0.2, 0.25) is 0 Å². The Balaban J connectivity index is 1.32. The molecule has 0 saturated heterocycles. The van der Waals surface area contributed by atoms with Crippen LogP contribution in [0.25, 0.3) is 11.0 Å². The Morgan fingerprint density at radius 2 is 2.00 bits per heavy atom. The molecular weight excluding hydrogens is 435 g/mol. The Morgan fingerprint density at radius 1 is 1.12 bits per heavy atom. The number of hydrogen-bond acceptors (Lipinski definition) is 4. The largest absolute Gasteiger partial charge is 0.478 e. The zero-order valence-corrected chi connectivity index (χ0v) is 18.9. The first-order chi connectivity index (χ1) is 16.5. The monoisotopic (exact) mass is 462 g/mol. The number of aromatic nitrogens is 2. The third-order valence-electron chi connectivity index (χ3n) is 6.81. The summed E-state index contributed by atoms with van der Waals surface area (Å²) in [6, 6.07) is 10.6. The van der Waals surface area contributed by atoms with Gasteiger partial charge in [-0.1, -0.05) is 18.2 Å². The molecule has 1 N–H and O–H groups in total. The van der Waals surface area contributed by atoms with Crippen molar-refractivity contribution in [1.29, 1.82) is 0 Å². The minimum absolute atomic E-state index is 0.0918. The van der Waals surface area contributed by atoms with E-state index in [9.17, 15) is 14.0 Å². The fourth-order valence-corrected chi connectivity index (χ4v) is 4.98. The molecule has 34 heavy (non-hydrogen) atoms. The number of aliphatic carboxylic acids is 1. The molecule has 4 heterocycles. The quantitative estimate of drug-likeness (QED) is 0.609. The van der Waals surface area contributed by atoms with Crippen LogP contribution in [0.5, 0.6) is 0 Å². The van der Waals surface area contributed by atoms with Gasteiger partial charge in [0.15, 0.2) is 0 Å². The topological polar surface area (TPSA) is 78.7 Å². The summed E-state index contributed by atoms with van der Waals surface area (Å²) >= 11 is 0. The van der Waals surface area contributed by atoms with E-state index < -0.39 is 5.97 Å². The van der Waals surface area contributed by atoms with Crippen LogP contribution in [-0.4, -0.2) is 62.5 Å². The first-order valence-electron chi connectivity index (χ1n) is 11.6. The second-order valence-electron chi connectivity index (χ2n) is 8.92. The van der Waals surface area contributed by atoms with E-state index in [1.165, 1.54) is 17.7 Å². The van der Waals surface area contributed by atoms with Gasteiger partial charge in [0.05, 0.1) is 6.54 Å². The molecule has 0 fully saturated rings. The third kappa shape index (κ3) is 4.46. The molecule has 0 unspecified atom stereocenters. The van der Waals surface area contributed by atoms with E-state index in [-0.39, 0.29) is 11.7 Å². The lowest BCUT2D eigenvalue weighted by atomic mass is 10.0. The van der Waals surface area contributed by atoms with Gasteiger partial charge in [0.25, 0.3) is 0 Å². The van der Waals surface area contributed by atoms with Gasteiger partial charge in [-0.3, -0.25) is 9.69 Å². The Morgan fingerprint density at radius 3 is 2.76 bits per heavy atom. The normalized spacial score (nSPS) is 16.4. The van der Waals surface area contributed by atoms with E-state index in [2.05, 4.69) is 20.5 Å². The van der Waals surface area contributed by atoms with Crippen LogP contribution in [0.4, 0.5) is 4.39 Å². The maximum atomic E-state index is 13.8. The molecule has 3 aromatic rings. The average Bonchev–Trinajstić information content (AvgIpc) is 3.16. The van der Waals surface area contributed by atoms with Gasteiger partial charge in [0.2, 0.25) is 5.91 Å². The Kier molecular flexibility index (Phi) is 6.15. The number of fused-ring (bicyclic) bond motifs is 3. The van der Waals surface area contributed by atoms with E-state index >= 15 is 0 Å². The van der Waals surface area contributed by atoms with Gasteiger partial charge in [0, 0.05) is 62.0 Å². The van der Waals surface area contributed by atoms with E-state index in [0.29, 0.717) is 57.7 Å². The Labute approximate surface area is 197 Å². The summed E-state index contributed by atoms with van der Waals surface area (Å²) in [5.74, 6) is -1.03. The number of carbonyl (C=O) groups excluding carboxylic acids is 1. The highest BCUT2D eigenvalue weighted by Gasteiger charge is 2.27. The maximum absolute atomic E-state index is 13.8. The summed E-state index contributed by atoms with van der Waals surface area (Å²) in [4.78, 5) is 32.8. The predicted molar refractivity (Wildman–Crippen MR) is 126 cm³/mol. The number of carbonyl (C=O) groups is 2. The zero-order valence-electron chi connectivity index (χ0n) is 18.9. The summed E-state index contributed by atoms with van der Waals surface area (Å²) in [6.07, 6.45) is 5.16. The molecule has 0 spiro atoms. The van der Waals surface area contributed by atoms with Gasteiger partial charge in [-0.05, 0) is 48.2 Å². The first-order valence-corrected chi connectivity index (χ1v) is 11.6. The van der Waals surface area contributed by atoms with Crippen LogP contribution >= 0.6 is 0 Å². The number of benzene rings is 1. The van der Waals surface area contributed by atoms with E-state index in [4.69, 9.17) is 5.11 Å². The van der Waals surface area contributed by atoms with Crippen LogP contribution < -0.4 is 0 Å². The fourth-order valence-electron chi connectivity index (χ4n) is 4.98. The van der Waals surface area contributed by atoms with Crippen molar-refractivity contribution in [3.8, 4) is 0 Å². The van der Waals surface area contributed by atoms with Crippen molar-refractivity contribution in [1.82, 2.24) is 19.4 Å². The number of amides is 1. The molecule has 0 bridgehead atoms. The lowest BCUT2D eigenvalue weighted by Crippen LogP contribution is -2.39. The highest BCUT2D eigenvalue weighted by Crippen LogP contribution is 2.31. The molecule has 0 radical (unpaired) electrons. The summed E-state index contributed by atoms with van der Waals surface area (Å²) in [5.41, 5.74) is 4.44. The number of carboxylic acids is 1. The van der Waals surface area contributed by atoms with Gasteiger partial charge in [0.1, 0.15) is 11.5 Å². The maximum Gasteiger partial charge on any atom is 0.331 e. The lowest BCUT2D eigenvalue weighted by molar-refractivity contribution is -0.134. The van der Waals surface area contributed by atoms with E-state index in [1.54, 1.807) is 18.3 Å². The minimum atomic E-state index is -0.858. The molecule has 2 aliphatic rings. The number of pyridine rings is 1. The van der Waals surface area contributed by atoms with Crippen LogP contribution in [0.3, 0.4) is 0 Å². The first kappa shape index (κ1) is 22.3. The second-order valence-corrected chi connectivity index (χ2v) is 8.92. The highest BCUT2D eigenvalue weighted by molar-refractivity contribution is 5.86. The summed E-state index contributed by atoms with van der Waals surface area (Å²) in [5, 5.41) is 10.2. The standard InChI is InChI=1S/C26H27FN4O3/c27-20-4-1-3-18(15-20)16-31-23-17-30(14-8-21(23)22-5-2-10-28-25(22)31)24(32)9-13-29-11-6-19(7-12-29)26(33)34/h1-6,10,15H,7-9,11-14,16-17H2,(H,33,34). The van der Waals surface area contributed by atoms with Crippen molar-refractivity contribution in [2.24, 2.45) is 0 Å². The van der Waals surface area contributed by atoms with Crippen molar-refractivity contribution >= 4 is 22.9 Å². The van der Waals surface area contributed by atoms with E-state index in [1.807, 2.05) is 17.0 Å². The van der Waals surface area contributed by atoms with Crippen LogP contribution in [-0.2, 0) is 29.1 Å². The molecule has 1 aromatic carbocycles. The SMILES string of the molecule is O=C(O)C1=CCN(CCC(=O)N2CCc3c(n(Cc4cccc(F)c4)c4ncccc34)C2)CC1. The smallest absolute Gasteiger partial charge is 0.331 e. The van der Waals surface area contributed by atoms with Crippen LogP contribution in [0, 0.1) is 5.82 Å². The number of rotatable bonds is 6. The van der Waals surface area contributed by atoms with Crippen molar-refractivity contribution in [3.63, 3.8) is 0 Å². The molecule has 5 rings (SSSR count). The Hall–Kier alpha value is -3.52. The van der Waals surface area contributed by atoms with Gasteiger partial charge < -0.3 is 14.6 Å². The minimum Gasteiger partial charge on any atom is -0.478 e. The van der Waals surface area contributed by atoms with E-state index in [0.717, 1.165) is 28.7 Å². The fraction of sp³-hybridized carbons (Fsp3) is 0.346. The zero-order chi connectivity index (χ0) is 23.7. The number of halogens is 1. The predicted octanol–water partition coefficient (Wildman–Crippen LogP) is 3.22. The van der Waals surface area contributed by atoms with Crippen molar-refractivity contribution in [3.05, 3.63) is 76.9 Å². The van der Waals surface area contributed by atoms with Gasteiger partial charge in [-0.2, -0.15) is 0 Å². The lowest BCUT2D eigenvalue weighted by Gasteiger charge is -2.30. The number of carboxylic acid groups (broad SMARTS) is 1. The molecule has 0 atom stereocenters. The summed E-state index contributed by atoms with van der Waals surface area (Å²) in [6.45, 7) is 3.48. The molecule has 7 nitrogen and oxygen atoms in total.